The van der Waals surface area contributed by atoms with E-state index in [2.05, 4.69) is 0 Å². The van der Waals surface area contributed by atoms with Crippen LogP contribution in [0.4, 0.5) is 5.69 Å². The van der Waals surface area contributed by atoms with Gasteiger partial charge in [0, 0.05) is 17.0 Å². The van der Waals surface area contributed by atoms with Crippen LogP contribution in [-0.4, -0.2) is 18.2 Å². The number of carbonyl (C=O) groups is 1. The molecule has 28 heavy (non-hydrogen) atoms. The minimum atomic E-state index is -0.961. The van der Waals surface area contributed by atoms with E-state index in [0.717, 1.165) is 27.6 Å². The second-order valence-electron chi connectivity index (χ2n) is 6.18. The first-order valence-electron chi connectivity index (χ1n) is 8.69. The van der Waals surface area contributed by atoms with Crippen molar-refractivity contribution in [1.82, 2.24) is 0 Å². The molecule has 138 valence electrons. The summed E-state index contributed by atoms with van der Waals surface area (Å²) in [7, 11) is 1.63. The van der Waals surface area contributed by atoms with Crippen molar-refractivity contribution in [2.24, 2.45) is 4.99 Å². The molecule has 0 saturated carbocycles. The maximum absolute atomic E-state index is 11.0. The predicted molar refractivity (Wildman–Crippen MR) is 107 cm³/mol. The molecule has 1 heterocycles. The molecule has 5 heteroatoms. The molecule has 4 aromatic rings. The number of para-hydroxylation sites is 1. The van der Waals surface area contributed by atoms with E-state index in [0.29, 0.717) is 11.4 Å². The third kappa shape index (κ3) is 3.50. The van der Waals surface area contributed by atoms with Gasteiger partial charge in [-0.15, -0.1) is 0 Å². The highest BCUT2D eigenvalue weighted by atomic mass is 16.5. The molecular weight excluding hydrogens is 354 g/mol. The van der Waals surface area contributed by atoms with Crippen molar-refractivity contribution < 1.29 is 19.1 Å². The first kappa shape index (κ1) is 17.5. The first-order chi connectivity index (χ1) is 13.6. The Morgan fingerprint density at radius 1 is 0.964 bits per heavy atom. The van der Waals surface area contributed by atoms with Gasteiger partial charge in [0.25, 0.3) is 0 Å². The summed E-state index contributed by atoms with van der Waals surface area (Å²) in [6.45, 7) is 0. The maximum Gasteiger partial charge on any atom is 0.335 e. The molecule has 1 aromatic heterocycles. The monoisotopic (exact) mass is 371 g/mol. The van der Waals surface area contributed by atoms with Gasteiger partial charge in [-0.25, -0.2) is 9.79 Å². The van der Waals surface area contributed by atoms with Crippen LogP contribution in [0.3, 0.4) is 0 Å². The molecule has 0 amide bonds. The molecule has 3 aromatic carbocycles. The first-order valence-corrected chi connectivity index (χ1v) is 8.69. The quantitative estimate of drug-likeness (QED) is 0.545. The topological polar surface area (TPSA) is 72.0 Å². The van der Waals surface area contributed by atoms with Crippen LogP contribution in [0.5, 0.6) is 5.75 Å². The molecule has 0 aliphatic carbocycles. The van der Waals surface area contributed by atoms with Crippen molar-refractivity contribution >= 4 is 22.6 Å². The van der Waals surface area contributed by atoms with Crippen LogP contribution in [0.15, 0.2) is 88.3 Å². The van der Waals surface area contributed by atoms with Crippen LogP contribution in [0.1, 0.15) is 10.4 Å². The van der Waals surface area contributed by atoms with E-state index in [1.54, 1.807) is 31.4 Å². The maximum atomic E-state index is 11.0. The van der Waals surface area contributed by atoms with Gasteiger partial charge in [-0.1, -0.05) is 12.1 Å². The second kappa shape index (κ2) is 7.40. The molecule has 0 atom stereocenters. The molecule has 1 N–H and O–H groups in total. The summed E-state index contributed by atoms with van der Waals surface area (Å²) in [4.78, 5) is 15.8. The van der Waals surface area contributed by atoms with Gasteiger partial charge in [0.15, 0.2) is 0 Å². The van der Waals surface area contributed by atoms with Crippen LogP contribution in [-0.2, 0) is 0 Å². The summed E-state index contributed by atoms with van der Waals surface area (Å²) in [5, 5.41) is 10.7. The number of aromatic carboxylic acids is 1. The Morgan fingerprint density at radius 2 is 1.68 bits per heavy atom. The lowest BCUT2D eigenvalue weighted by Gasteiger charge is -2.06. The van der Waals surface area contributed by atoms with Crippen LogP contribution >= 0.6 is 0 Å². The molecule has 0 radical (unpaired) electrons. The van der Waals surface area contributed by atoms with Crippen LogP contribution in [0, 0.1) is 0 Å². The number of hydrogen-bond donors (Lipinski definition) is 1. The highest BCUT2D eigenvalue weighted by molar-refractivity contribution is 5.88. The van der Waals surface area contributed by atoms with Gasteiger partial charge in [-0.3, -0.25) is 0 Å². The van der Waals surface area contributed by atoms with E-state index >= 15 is 0 Å². The lowest BCUT2D eigenvalue weighted by molar-refractivity contribution is 0.0697. The van der Waals surface area contributed by atoms with Crippen molar-refractivity contribution in [3.05, 3.63) is 89.8 Å². The fourth-order valence-corrected chi connectivity index (χ4v) is 2.92. The molecule has 0 unspecified atom stereocenters. The number of methoxy groups -OCH3 is 1. The lowest BCUT2D eigenvalue weighted by atomic mass is 10.1. The number of rotatable bonds is 4. The SMILES string of the molecule is COc1ccc(-c2cc(=Nc3ccc(C(=O)O)cc3)c3ccccc3o2)cc1. The van der Waals surface area contributed by atoms with Crippen LogP contribution < -0.4 is 10.1 Å². The highest BCUT2D eigenvalue weighted by Crippen LogP contribution is 2.25. The minimum Gasteiger partial charge on any atom is -0.497 e. The minimum absolute atomic E-state index is 0.228. The summed E-state index contributed by atoms with van der Waals surface area (Å²) in [5.74, 6) is 0.493. The largest absolute Gasteiger partial charge is 0.497 e. The Bertz CT molecular complexity index is 1210. The molecule has 5 nitrogen and oxygen atoms in total. The normalized spacial score (nSPS) is 11.5. The molecule has 0 fully saturated rings. The van der Waals surface area contributed by atoms with Gasteiger partial charge in [-0.05, 0) is 60.7 Å². The fourth-order valence-electron chi connectivity index (χ4n) is 2.92. The molecule has 0 spiro atoms. The zero-order chi connectivity index (χ0) is 19.5. The van der Waals surface area contributed by atoms with E-state index in [4.69, 9.17) is 19.3 Å². The molecule has 0 bridgehead atoms. The summed E-state index contributed by atoms with van der Waals surface area (Å²) in [5.41, 5.74) is 2.52. The van der Waals surface area contributed by atoms with Gasteiger partial charge in [0.2, 0.25) is 0 Å². The molecular formula is C23H17NO4. The molecule has 0 aliphatic heterocycles. The number of fused-ring (bicyclic) bond motifs is 1. The zero-order valence-corrected chi connectivity index (χ0v) is 15.1. The average Bonchev–Trinajstić information content (AvgIpc) is 2.74. The van der Waals surface area contributed by atoms with Crippen LogP contribution in [0.2, 0.25) is 0 Å². The lowest BCUT2D eigenvalue weighted by Crippen LogP contribution is -2.03. The van der Waals surface area contributed by atoms with Crippen molar-refractivity contribution in [1.29, 1.82) is 0 Å². The number of ether oxygens (including phenoxy) is 1. The smallest absolute Gasteiger partial charge is 0.335 e. The number of benzene rings is 3. The molecule has 4 rings (SSSR count). The predicted octanol–water partition coefficient (Wildman–Crippen LogP) is 5.04. The van der Waals surface area contributed by atoms with Crippen molar-refractivity contribution in [2.45, 2.75) is 0 Å². The highest BCUT2D eigenvalue weighted by Gasteiger charge is 2.07. The molecule has 0 saturated heterocycles. The number of carboxylic acids is 1. The Hall–Kier alpha value is -3.86. The number of carboxylic acid groups (broad SMARTS) is 1. The average molecular weight is 371 g/mol. The molecule has 0 aliphatic rings. The third-order valence-corrected chi connectivity index (χ3v) is 4.39. The van der Waals surface area contributed by atoms with Gasteiger partial charge in [0.1, 0.15) is 17.1 Å². The van der Waals surface area contributed by atoms with E-state index < -0.39 is 5.97 Å². The summed E-state index contributed by atoms with van der Waals surface area (Å²) < 4.78 is 11.3. The number of hydrogen-bond acceptors (Lipinski definition) is 4. The van der Waals surface area contributed by atoms with Gasteiger partial charge in [0.05, 0.1) is 23.7 Å². The van der Waals surface area contributed by atoms with Gasteiger partial charge < -0.3 is 14.3 Å². The van der Waals surface area contributed by atoms with Crippen LogP contribution in [0.25, 0.3) is 22.3 Å². The van der Waals surface area contributed by atoms with Crippen molar-refractivity contribution in [3.63, 3.8) is 0 Å². The Kier molecular flexibility index (Phi) is 4.64. The summed E-state index contributed by atoms with van der Waals surface area (Å²) in [6.07, 6.45) is 0. The second-order valence-corrected chi connectivity index (χ2v) is 6.18. The zero-order valence-electron chi connectivity index (χ0n) is 15.1. The standard InChI is InChI=1S/C23H17NO4/c1-27-18-12-8-15(9-13-18)22-14-20(19-4-2-3-5-21(19)28-22)24-17-10-6-16(7-11-17)23(25)26/h2-14H,1H3,(H,25,26). The Labute approximate surface area is 161 Å². The fraction of sp³-hybridized carbons (Fsp3) is 0.0435. The van der Waals surface area contributed by atoms with E-state index in [9.17, 15) is 4.79 Å². The number of nitrogens with zero attached hydrogens (tertiary/aromatic N) is 1. The Morgan fingerprint density at radius 3 is 2.36 bits per heavy atom. The van der Waals surface area contributed by atoms with E-state index in [-0.39, 0.29) is 5.56 Å². The summed E-state index contributed by atoms with van der Waals surface area (Å²) in [6, 6.07) is 23.6. The van der Waals surface area contributed by atoms with Crippen molar-refractivity contribution in [2.75, 3.05) is 7.11 Å². The third-order valence-electron chi connectivity index (χ3n) is 4.39. The van der Waals surface area contributed by atoms with Crippen molar-refractivity contribution in [3.8, 4) is 17.1 Å². The van der Waals surface area contributed by atoms with E-state index in [1.807, 2.05) is 54.6 Å². The Balaban J connectivity index is 1.87. The van der Waals surface area contributed by atoms with E-state index in [1.165, 1.54) is 0 Å². The van der Waals surface area contributed by atoms with Gasteiger partial charge in [-0.2, -0.15) is 0 Å². The van der Waals surface area contributed by atoms with Gasteiger partial charge >= 0.3 is 5.97 Å². The summed E-state index contributed by atoms with van der Waals surface area (Å²) >= 11 is 0.